The Morgan fingerprint density at radius 1 is 1.17 bits per heavy atom. The van der Waals surface area contributed by atoms with Gasteiger partial charge in [-0.3, -0.25) is 4.79 Å². The predicted molar refractivity (Wildman–Crippen MR) is 121 cm³/mol. The standard InChI is InChI=1S/C24H35N5O/c1-18-23(26-19(2)29(18)21-11-16-27(3)17-12-21)24(30)25-13-7-15-28-14-6-9-20-8-4-5-10-22(20)28/h4-5,8,10,21H,6-7,9,11-17H2,1-3H3,(H,25,30). The number of amides is 1. The number of piperidine rings is 1. The topological polar surface area (TPSA) is 53.4 Å². The van der Waals surface area contributed by atoms with Gasteiger partial charge in [-0.15, -0.1) is 0 Å². The van der Waals surface area contributed by atoms with Crippen LogP contribution in [0.15, 0.2) is 24.3 Å². The Morgan fingerprint density at radius 2 is 1.93 bits per heavy atom. The van der Waals surface area contributed by atoms with Gasteiger partial charge in [0.25, 0.3) is 5.91 Å². The van der Waals surface area contributed by atoms with Crippen molar-refractivity contribution >= 4 is 11.6 Å². The van der Waals surface area contributed by atoms with E-state index in [2.05, 4.69) is 56.0 Å². The van der Waals surface area contributed by atoms with Crippen molar-refractivity contribution in [3.8, 4) is 0 Å². The molecule has 1 fully saturated rings. The minimum absolute atomic E-state index is 0.0404. The summed E-state index contributed by atoms with van der Waals surface area (Å²) in [7, 11) is 2.17. The lowest BCUT2D eigenvalue weighted by Crippen LogP contribution is -2.33. The van der Waals surface area contributed by atoms with Crippen LogP contribution in [0.1, 0.15) is 59.3 Å². The van der Waals surface area contributed by atoms with Crippen molar-refractivity contribution in [2.24, 2.45) is 0 Å². The molecule has 2 aliphatic rings. The number of fused-ring (bicyclic) bond motifs is 1. The predicted octanol–water partition coefficient (Wildman–Crippen LogP) is 3.34. The largest absolute Gasteiger partial charge is 0.371 e. The van der Waals surface area contributed by atoms with Crippen molar-refractivity contribution < 1.29 is 4.79 Å². The van der Waals surface area contributed by atoms with E-state index < -0.39 is 0 Å². The Bertz CT molecular complexity index is 882. The molecule has 6 nitrogen and oxygen atoms in total. The lowest BCUT2D eigenvalue weighted by atomic mass is 10.0. The third-order valence-electron chi connectivity index (χ3n) is 6.69. The van der Waals surface area contributed by atoms with Crippen molar-refractivity contribution in [1.29, 1.82) is 0 Å². The van der Waals surface area contributed by atoms with Gasteiger partial charge in [-0.1, -0.05) is 18.2 Å². The van der Waals surface area contributed by atoms with Crippen LogP contribution in [0.5, 0.6) is 0 Å². The molecule has 162 valence electrons. The number of carbonyl (C=O) groups excluding carboxylic acids is 1. The second-order valence-electron chi connectivity index (χ2n) is 8.83. The number of hydrogen-bond acceptors (Lipinski definition) is 4. The van der Waals surface area contributed by atoms with Crippen molar-refractivity contribution in [2.75, 3.05) is 44.7 Å². The molecule has 0 saturated carbocycles. The number of benzene rings is 1. The highest BCUT2D eigenvalue weighted by Gasteiger charge is 2.25. The number of carbonyl (C=O) groups is 1. The van der Waals surface area contributed by atoms with Crippen LogP contribution in [0.2, 0.25) is 0 Å². The number of para-hydroxylation sites is 1. The summed E-state index contributed by atoms with van der Waals surface area (Å²) in [5.74, 6) is 0.915. The summed E-state index contributed by atoms with van der Waals surface area (Å²) in [6, 6.07) is 9.14. The highest BCUT2D eigenvalue weighted by atomic mass is 16.1. The molecule has 6 heteroatoms. The quantitative estimate of drug-likeness (QED) is 0.744. The molecular formula is C24H35N5O. The Kier molecular flexibility index (Phi) is 6.42. The zero-order valence-corrected chi connectivity index (χ0v) is 18.7. The maximum absolute atomic E-state index is 12.8. The van der Waals surface area contributed by atoms with Gasteiger partial charge < -0.3 is 19.7 Å². The van der Waals surface area contributed by atoms with Gasteiger partial charge in [0.2, 0.25) is 0 Å². The first-order valence-corrected chi connectivity index (χ1v) is 11.4. The van der Waals surface area contributed by atoms with Crippen LogP contribution in [0, 0.1) is 13.8 Å². The van der Waals surface area contributed by atoms with Gasteiger partial charge in [-0.2, -0.15) is 0 Å². The van der Waals surface area contributed by atoms with Gasteiger partial charge in [0, 0.05) is 37.1 Å². The molecule has 3 heterocycles. The van der Waals surface area contributed by atoms with Gasteiger partial charge in [-0.25, -0.2) is 4.98 Å². The van der Waals surface area contributed by atoms with E-state index in [9.17, 15) is 4.79 Å². The molecule has 1 N–H and O–H groups in total. The fraction of sp³-hybridized carbons (Fsp3) is 0.583. The van der Waals surface area contributed by atoms with Crippen molar-refractivity contribution in [2.45, 2.75) is 52.0 Å². The molecule has 0 bridgehead atoms. The molecule has 0 aliphatic carbocycles. The summed E-state index contributed by atoms with van der Waals surface area (Å²) in [6.07, 6.45) is 5.55. The van der Waals surface area contributed by atoms with Gasteiger partial charge in [0.05, 0.1) is 0 Å². The van der Waals surface area contributed by atoms with Crippen molar-refractivity contribution in [1.82, 2.24) is 19.8 Å². The first-order chi connectivity index (χ1) is 14.5. The molecule has 1 amide bonds. The molecule has 0 spiro atoms. The Labute approximate surface area is 180 Å². The maximum Gasteiger partial charge on any atom is 0.271 e. The minimum atomic E-state index is -0.0404. The Balaban J connectivity index is 1.31. The molecule has 2 aliphatic heterocycles. The van der Waals surface area contributed by atoms with Crippen LogP contribution >= 0.6 is 0 Å². The molecule has 0 radical (unpaired) electrons. The molecule has 0 atom stereocenters. The fourth-order valence-electron chi connectivity index (χ4n) is 5.06. The van der Waals surface area contributed by atoms with E-state index in [4.69, 9.17) is 0 Å². The summed E-state index contributed by atoms with van der Waals surface area (Å²) < 4.78 is 2.28. The summed E-state index contributed by atoms with van der Waals surface area (Å²) >= 11 is 0. The summed E-state index contributed by atoms with van der Waals surface area (Å²) in [4.78, 5) is 22.3. The molecule has 0 unspecified atom stereocenters. The minimum Gasteiger partial charge on any atom is -0.371 e. The van der Waals surface area contributed by atoms with Gasteiger partial charge in [0.1, 0.15) is 11.5 Å². The first-order valence-electron chi connectivity index (χ1n) is 11.4. The summed E-state index contributed by atoms with van der Waals surface area (Å²) in [5, 5.41) is 3.10. The van der Waals surface area contributed by atoms with Crippen LogP contribution in [-0.2, 0) is 6.42 Å². The Hall–Kier alpha value is -2.34. The number of nitrogens with zero attached hydrogens (tertiary/aromatic N) is 4. The number of aromatic nitrogens is 2. The van der Waals surface area contributed by atoms with Gasteiger partial charge in [0.15, 0.2) is 0 Å². The second-order valence-corrected chi connectivity index (χ2v) is 8.83. The zero-order valence-electron chi connectivity index (χ0n) is 18.7. The second kappa shape index (κ2) is 9.21. The highest BCUT2D eigenvalue weighted by Crippen LogP contribution is 2.27. The monoisotopic (exact) mass is 409 g/mol. The van der Waals surface area contributed by atoms with Gasteiger partial charge >= 0.3 is 0 Å². The van der Waals surface area contributed by atoms with Crippen LogP contribution in [0.3, 0.4) is 0 Å². The summed E-state index contributed by atoms with van der Waals surface area (Å²) in [6.45, 7) is 9.01. The molecular weight excluding hydrogens is 374 g/mol. The van der Waals surface area contributed by atoms with E-state index in [1.807, 2.05) is 13.8 Å². The number of hydrogen-bond donors (Lipinski definition) is 1. The van der Waals surface area contributed by atoms with Crippen LogP contribution in [-0.4, -0.2) is 60.1 Å². The summed E-state index contributed by atoms with van der Waals surface area (Å²) in [5.41, 5.74) is 4.40. The molecule has 1 saturated heterocycles. The van der Waals surface area contributed by atoms with E-state index in [1.165, 1.54) is 24.1 Å². The lowest BCUT2D eigenvalue weighted by Gasteiger charge is -2.31. The molecule has 1 aromatic carbocycles. The van der Waals surface area contributed by atoms with Crippen molar-refractivity contribution in [3.05, 3.63) is 47.0 Å². The molecule has 2 aromatic rings. The first kappa shape index (κ1) is 20.9. The van der Waals surface area contributed by atoms with Crippen LogP contribution in [0.25, 0.3) is 0 Å². The smallest absolute Gasteiger partial charge is 0.271 e. The van der Waals surface area contributed by atoms with E-state index in [-0.39, 0.29) is 5.91 Å². The zero-order chi connectivity index (χ0) is 21.1. The Morgan fingerprint density at radius 3 is 2.73 bits per heavy atom. The number of aryl methyl sites for hydroxylation is 2. The SMILES string of the molecule is Cc1nc(C(=O)NCCCN2CCCc3ccccc32)c(C)n1C1CCN(C)CC1. The number of anilines is 1. The number of rotatable bonds is 6. The third-order valence-corrected chi connectivity index (χ3v) is 6.69. The van der Waals surface area contributed by atoms with Crippen molar-refractivity contribution in [3.63, 3.8) is 0 Å². The van der Waals surface area contributed by atoms with E-state index in [0.29, 0.717) is 18.3 Å². The van der Waals surface area contributed by atoms with Crippen LogP contribution in [0.4, 0.5) is 5.69 Å². The van der Waals surface area contributed by atoms with E-state index in [0.717, 1.165) is 57.0 Å². The molecule has 30 heavy (non-hydrogen) atoms. The van der Waals surface area contributed by atoms with Crippen LogP contribution < -0.4 is 10.2 Å². The third kappa shape index (κ3) is 4.38. The number of nitrogens with one attached hydrogen (secondary N) is 1. The maximum atomic E-state index is 12.8. The average Bonchev–Trinajstić information content (AvgIpc) is 3.06. The number of imidazole rings is 1. The fourth-order valence-corrected chi connectivity index (χ4v) is 5.06. The average molecular weight is 410 g/mol. The lowest BCUT2D eigenvalue weighted by molar-refractivity contribution is 0.0948. The van der Waals surface area contributed by atoms with Gasteiger partial charge in [-0.05, 0) is 77.7 Å². The van der Waals surface area contributed by atoms with E-state index >= 15 is 0 Å². The molecule has 4 rings (SSSR count). The number of likely N-dealkylation sites (tertiary alicyclic amines) is 1. The molecule has 1 aromatic heterocycles. The normalized spacial score (nSPS) is 17.8. The van der Waals surface area contributed by atoms with E-state index in [1.54, 1.807) is 0 Å². The highest BCUT2D eigenvalue weighted by molar-refractivity contribution is 5.93.